The lowest BCUT2D eigenvalue weighted by Gasteiger charge is -2.35. The molecule has 0 saturated heterocycles. The number of rotatable bonds is 11. The predicted molar refractivity (Wildman–Crippen MR) is 108 cm³/mol. The number of thiazole rings is 1. The molecule has 2 N–H and O–H groups in total. The van der Waals surface area contributed by atoms with Crippen molar-refractivity contribution in [1.82, 2.24) is 9.88 Å². The maximum atomic E-state index is 13.0. The van der Waals surface area contributed by atoms with Crippen LogP contribution >= 0.6 is 11.3 Å². The van der Waals surface area contributed by atoms with Crippen LogP contribution in [0.1, 0.15) is 55.2 Å². The number of carboxylic acid groups (broad SMARTS) is 1. The van der Waals surface area contributed by atoms with Crippen LogP contribution < -0.4 is 0 Å². The van der Waals surface area contributed by atoms with Crippen LogP contribution in [0.5, 0.6) is 0 Å². The Hall–Kier alpha value is -1.99. The normalized spacial score (nSPS) is 15.6. The zero-order chi connectivity index (χ0) is 20.7. The number of nitrogens with zero attached hydrogens (tertiary/aromatic N) is 2. The number of hydrogen-bond acceptors (Lipinski definition) is 5. The maximum Gasteiger partial charge on any atom is 0.355 e. The van der Waals surface area contributed by atoms with Gasteiger partial charge >= 0.3 is 5.97 Å². The summed E-state index contributed by atoms with van der Waals surface area (Å²) >= 11 is 1.11. The first-order valence-corrected chi connectivity index (χ1v) is 9.94. The molecule has 0 aliphatic heterocycles. The second-order valence-corrected chi connectivity index (χ2v) is 7.85. The van der Waals surface area contributed by atoms with Gasteiger partial charge in [-0.1, -0.05) is 32.9 Å². The summed E-state index contributed by atoms with van der Waals surface area (Å²) in [6.45, 7) is 13.6. The molecule has 1 amide bonds. The summed E-state index contributed by atoms with van der Waals surface area (Å²) in [6, 6.07) is -0.227. The third-order valence-electron chi connectivity index (χ3n) is 4.88. The molecule has 150 valence electrons. The van der Waals surface area contributed by atoms with Crippen molar-refractivity contribution in [3.8, 4) is 0 Å². The Balaban J connectivity index is 2.98. The average molecular weight is 395 g/mol. The number of aromatic nitrogens is 1. The second kappa shape index (κ2) is 10.4. The van der Waals surface area contributed by atoms with Crippen LogP contribution in [0.3, 0.4) is 0 Å². The van der Waals surface area contributed by atoms with Gasteiger partial charge in [0.15, 0.2) is 5.69 Å². The largest absolute Gasteiger partial charge is 0.476 e. The molecule has 0 bridgehead atoms. The van der Waals surface area contributed by atoms with Crippen molar-refractivity contribution < 1.29 is 19.8 Å². The molecule has 0 fully saturated rings. The molecule has 7 heteroatoms. The van der Waals surface area contributed by atoms with E-state index in [4.69, 9.17) is 5.11 Å². The van der Waals surface area contributed by atoms with Crippen LogP contribution in [0.4, 0.5) is 0 Å². The van der Waals surface area contributed by atoms with E-state index in [0.717, 1.165) is 17.8 Å². The van der Waals surface area contributed by atoms with Crippen LogP contribution in [-0.2, 0) is 4.79 Å². The number of carbonyl (C=O) groups is 2. The van der Waals surface area contributed by atoms with Crippen molar-refractivity contribution in [2.24, 2.45) is 17.8 Å². The highest BCUT2D eigenvalue weighted by Gasteiger charge is 2.32. The van der Waals surface area contributed by atoms with Gasteiger partial charge in [0.1, 0.15) is 11.1 Å². The Morgan fingerprint density at radius 1 is 1.33 bits per heavy atom. The van der Waals surface area contributed by atoms with Gasteiger partial charge in [-0.05, 0) is 18.3 Å². The lowest BCUT2D eigenvalue weighted by Crippen LogP contribution is -2.45. The molecule has 4 atom stereocenters. The molecule has 27 heavy (non-hydrogen) atoms. The minimum Gasteiger partial charge on any atom is -0.476 e. The van der Waals surface area contributed by atoms with E-state index in [-0.39, 0.29) is 41.8 Å². The lowest BCUT2D eigenvalue weighted by atomic mass is 9.87. The fourth-order valence-corrected chi connectivity index (χ4v) is 3.96. The zero-order valence-electron chi connectivity index (χ0n) is 16.5. The standard InChI is InChI=1S/C20H30N2O4S/c1-7-13(8-2)14(9-3)19(24)22(6)16(12(4)5)10-17(23)18-21-15(11-27-18)20(25)26/h7,9,11-14,16-17,23H,1,3,8,10H2,2,4-6H3,(H,25,26)/t13-,14-,16+,17+/m0/s1. The van der Waals surface area contributed by atoms with Crippen LogP contribution in [0.15, 0.2) is 30.7 Å². The molecule has 1 aromatic rings. The molecule has 1 aromatic heterocycles. The van der Waals surface area contributed by atoms with Crippen LogP contribution in [0, 0.1) is 17.8 Å². The van der Waals surface area contributed by atoms with Crippen molar-refractivity contribution in [2.45, 2.75) is 45.8 Å². The van der Waals surface area contributed by atoms with E-state index < -0.39 is 12.1 Å². The molecule has 0 spiro atoms. The fourth-order valence-electron chi connectivity index (χ4n) is 3.17. The van der Waals surface area contributed by atoms with Gasteiger partial charge in [-0.25, -0.2) is 9.78 Å². The van der Waals surface area contributed by atoms with Crippen LogP contribution in [-0.4, -0.2) is 45.1 Å². The van der Waals surface area contributed by atoms with Gasteiger partial charge in [0.25, 0.3) is 0 Å². The fraction of sp³-hybridized carbons (Fsp3) is 0.550. The molecule has 0 radical (unpaired) electrons. The predicted octanol–water partition coefficient (Wildman–Crippen LogP) is 3.76. The third kappa shape index (κ3) is 5.74. The van der Waals surface area contributed by atoms with E-state index in [9.17, 15) is 14.7 Å². The second-order valence-electron chi connectivity index (χ2n) is 6.96. The molecule has 0 aromatic carbocycles. The third-order valence-corrected chi connectivity index (χ3v) is 5.83. The van der Waals surface area contributed by atoms with Gasteiger partial charge in [0.05, 0.1) is 5.92 Å². The minimum absolute atomic E-state index is 0.00673. The van der Waals surface area contributed by atoms with Crippen molar-refractivity contribution in [3.05, 3.63) is 41.4 Å². The van der Waals surface area contributed by atoms with Gasteiger partial charge in [-0.2, -0.15) is 0 Å². The van der Waals surface area contributed by atoms with Gasteiger partial charge in [-0.15, -0.1) is 24.5 Å². The minimum atomic E-state index is -1.12. The van der Waals surface area contributed by atoms with E-state index >= 15 is 0 Å². The number of carboxylic acids is 1. The van der Waals surface area contributed by atoms with E-state index in [1.807, 2.05) is 20.8 Å². The SMILES string of the molecule is C=C[C@H](C(=O)N(C)[C@H](C[C@@H](O)c1nc(C(=O)O)cs1)C(C)C)[C@@H](C=C)CC. The highest BCUT2D eigenvalue weighted by atomic mass is 32.1. The maximum absolute atomic E-state index is 13.0. The summed E-state index contributed by atoms with van der Waals surface area (Å²) in [5, 5.41) is 21.3. The quantitative estimate of drug-likeness (QED) is 0.558. The Morgan fingerprint density at radius 3 is 2.37 bits per heavy atom. The summed E-state index contributed by atoms with van der Waals surface area (Å²) in [6.07, 6.45) is 3.56. The first-order valence-electron chi connectivity index (χ1n) is 9.06. The Kier molecular flexibility index (Phi) is 8.85. The van der Waals surface area contributed by atoms with E-state index in [0.29, 0.717) is 5.01 Å². The molecule has 0 aliphatic rings. The molecule has 0 aliphatic carbocycles. The molecular formula is C20H30N2O4S. The van der Waals surface area contributed by atoms with Crippen LogP contribution in [0.2, 0.25) is 0 Å². The summed E-state index contributed by atoms with van der Waals surface area (Å²) in [5.74, 6) is -1.45. The van der Waals surface area contributed by atoms with Crippen molar-refractivity contribution in [3.63, 3.8) is 0 Å². The number of aromatic carboxylic acids is 1. The monoisotopic (exact) mass is 394 g/mol. The van der Waals surface area contributed by atoms with Gasteiger partial charge in [0.2, 0.25) is 5.91 Å². The summed E-state index contributed by atoms with van der Waals surface area (Å²) in [7, 11) is 1.73. The molecule has 1 rings (SSSR count). The molecule has 0 unspecified atom stereocenters. The summed E-state index contributed by atoms with van der Waals surface area (Å²) < 4.78 is 0. The highest BCUT2D eigenvalue weighted by Crippen LogP contribution is 2.29. The molecule has 6 nitrogen and oxygen atoms in total. The topological polar surface area (TPSA) is 90.7 Å². The average Bonchev–Trinajstić information content (AvgIpc) is 3.13. The Bertz CT molecular complexity index is 671. The Morgan fingerprint density at radius 2 is 1.96 bits per heavy atom. The highest BCUT2D eigenvalue weighted by molar-refractivity contribution is 7.09. The lowest BCUT2D eigenvalue weighted by molar-refractivity contribution is -0.137. The number of amides is 1. The van der Waals surface area contributed by atoms with Gasteiger partial charge < -0.3 is 15.1 Å². The molecule has 0 saturated carbocycles. The first-order chi connectivity index (χ1) is 12.7. The van der Waals surface area contributed by atoms with Gasteiger partial charge in [-0.3, -0.25) is 4.79 Å². The van der Waals surface area contributed by atoms with Crippen molar-refractivity contribution in [1.29, 1.82) is 0 Å². The zero-order valence-corrected chi connectivity index (χ0v) is 17.3. The molecular weight excluding hydrogens is 364 g/mol. The summed E-state index contributed by atoms with van der Waals surface area (Å²) in [4.78, 5) is 29.6. The number of allylic oxidation sites excluding steroid dienone is 1. The van der Waals surface area contributed by atoms with Crippen molar-refractivity contribution >= 4 is 23.2 Å². The van der Waals surface area contributed by atoms with Crippen molar-refractivity contribution in [2.75, 3.05) is 7.05 Å². The Labute approximate surface area is 165 Å². The number of aliphatic hydroxyl groups is 1. The number of hydrogen-bond donors (Lipinski definition) is 2. The molecule has 1 heterocycles. The van der Waals surface area contributed by atoms with Crippen LogP contribution in [0.25, 0.3) is 0 Å². The first kappa shape index (κ1) is 23.0. The number of carbonyl (C=O) groups excluding carboxylic acids is 1. The van der Waals surface area contributed by atoms with Gasteiger partial charge in [0, 0.05) is 24.9 Å². The van der Waals surface area contributed by atoms with E-state index in [1.54, 1.807) is 24.1 Å². The smallest absolute Gasteiger partial charge is 0.355 e. The summed E-state index contributed by atoms with van der Waals surface area (Å²) in [5.41, 5.74) is -0.0805. The number of aliphatic hydroxyl groups excluding tert-OH is 1. The van der Waals surface area contributed by atoms with E-state index in [2.05, 4.69) is 18.1 Å². The van der Waals surface area contributed by atoms with E-state index in [1.165, 1.54) is 5.38 Å².